The van der Waals surface area contributed by atoms with Gasteiger partial charge in [-0.05, 0) is 30.2 Å². The molecular weight excluding hydrogens is 467 g/mol. The zero-order valence-corrected chi connectivity index (χ0v) is 20.3. The summed E-state index contributed by atoms with van der Waals surface area (Å²) in [7, 11) is -2.33. The Balaban J connectivity index is 0.00000578. The van der Waals surface area contributed by atoms with Gasteiger partial charge in [0.2, 0.25) is 16.0 Å². The number of sulfonamides is 1. The summed E-state index contributed by atoms with van der Waals surface area (Å²) < 4.78 is 38.6. The lowest BCUT2D eigenvalue weighted by atomic mass is 9.97. The minimum atomic E-state index is -3.65. The molecule has 12 heteroatoms. The summed E-state index contributed by atoms with van der Waals surface area (Å²) in [5, 5.41) is 28.8. The Morgan fingerprint density at radius 3 is 2.26 bits per heavy atom. The lowest BCUT2D eigenvalue weighted by molar-refractivity contribution is -0.139. The van der Waals surface area contributed by atoms with Gasteiger partial charge in [0.05, 0.1) is 36.3 Å². The van der Waals surface area contributed by atoms with Gasteiger partial charge in [0.1, 0.15) is 5.82 Å². The monoisotopic (exact) mass is 498 g/mol. The zero-order valence-electron chi connectivity index (χ0n) is 19.5. The molecule has 0 amide bonds. The van der Waals surface area contributed by atoms with E-state index in [2.05, 4.69) is 9.97 Å². The highest BCUT2D eigenvalue weighted by atomic mass is 32.2. The standard InChI is InChI=1S/C22H28FN3O6S.H3N/c1-13(2)20-18(10-9-16(27)11-17(28)12-19(29)30)21(14-5-7-15(23)8-6-14)25-22(24-20)26(3)33(4,31)32;/h5-10,13,16-17,27-28H,11-12H2,1-4H3,(H,29,30);1H3/b10-9+;/t16-,17-;/m1./s1. The van der Waals surface area contributed by atoms with Gasteiger partial charge < -0.3 is 21.5 Å². The number of aliphatic hydroxyl groups excluding tert-OH is 2. The van der Waals surface area contributed by atoms with E-state index in [4.69, 9.17) is 5.11 Å². The van der Waals surface area contributed by atoms with Crippen LogP contribution in [-0.4, -0.2) is 65.2 Å². The molecule has 0 aliphatic heterocycles. The van der Waals surface area contributed by atoms with Gasteiger partial charge in [0.25, 0.3) is 0 Å². The molecule has 1 aromatic carbocycles. The van der Waals surface area contributed by atoms with Gasteiger partial charge in [-0.25, -0.2) is 27.1 Å². The number of rotatable bonds is 10. The topological polar surface area (TPSA) is 176 Å². The Bertz CT molecular complexity index is 1120. The van der Waals surface area contributed by atoms with Crippen LogP contribution >= 0.6 is 0 Å². The van der Waals surface area contributed by atoms with E-state index >= 15 is 0 Å². The third-order valence-corrected chi connectivity index (χ3v) is 5.97. The Morgan fingerprint density at radius 1 is 1.18 bits per heavy atom. The van der Waals surface area contributed by atoms with Crippen molar-refractivity contribution >= 4 is 28.0 Å². The molecule has 188 valence electrons. The summed E-state index contributed by atoms with van der Waals surface area (Å²) in [5.41, 5.74) is 1.80. The van der Waals surface area contributed by atoms with Gasteiger partial charge >= 0.3 is 5.97 Å². The highest BCUT2D eigenvalue weighted by Gasteiger charge is 2.22. The molecule has 1 aromatic heterocycles. The molecule has 1 heterocycles. The van der Waals surface area contributed by atoms with E-state index in [1.54, 1.807) is 0 Å². The van der Waals surface area contributed by atoms with Crippen LogP contribution in [0.5, 0.6) is 0 Å². The Morgan fingerprint density at radius 2 is 1.76 bits per heavy atom. The van der Waals surface area contributed by atoms with E-state index in [-0.39, 0.29) is 24.4 Å². The van der Waals surface area contributed by atoms with Crippen molar-refractivity contribution in [2.45, 2.75) is 44.8 Å². The van der Waals surface area contributed by atoms with Crippen molar-refractivity contribution in [3.8, 4) is 11.3 Å². The first-order valence-electron chi connectivity index (χ1n) is 10.2. The first-order valence-corrected chi connectivity index (χ1v) is 12.0. The molecule has 0 aliphatic carbocycles. The molecule has 10 nitrogen and oxygen atoms in total. The summed E-state index contributed by atoms with van der Waals surface area (Å²) in [6.45, 7) is 3.71. The number of halogens is 1. The van der Waals surface area contributed by atoms with Crippen molar-refractivity contribution in [2.24, 2.45) is 0 Å². The number of anilines is 1. The second-order valence-electron chi connectivity index (χ2n) is 7.98. The van der Waals surface area contributed by atoms with E-state index < -0.39 is 40.4 Å². The summed E-state index contributed by atoms with van der Waals surface area (Å²) in [6.07, 6.45) is 0.860. The third-order valence-electron chi connectivity index (χ3n) is 4.82. The maximum atomic E-state index is 13.5. The van der Waals surface area contributed by atoms with Crippen LogP contribution in [-0.2, 0) is 14.8 Å². The van der Waals surface area contributed by atoms with E-state index in [0.717, 1.165) is 10.6 Å². The van der Waals surface area contributed by atoms with E-state index in [1.165, 1.54) is 43.5 Å². The second-order valence-corrected chi connectivity index (χ2v) is 9.99. The molecule has 0 spiro atoms. The number of carboxylic acids is 1. The highest BCUT2D eigenvalue weighted by molar-refractivity contribution is 7.92. The molecule has 0 bridgehead atoms. The normalized spacial score (nSPS) is 13.5. The summed E-state index contributed by atoms with van der Waals surface area (Å²) in [6, 6.07) is 5.49. The highest BCUT2D eigenvalue weighted by Crippen LogP contribution is 2.31. The lowest BCUT2D eigenvalue weighted by Crippen LogP contribution is -2.27. The fourth-order valence-electron chi connectivity index (χ4n) is 3.05. The number of hydrogen-bond donors (Lipinski definition) is 4. The van der Waals surface area contributed by atoms with Gasteiger partial charge in [0.15, 0.2) is 0 Å². The van der Waals surface area contributed by atoms with Crippen LogP contribution in [0, 0.1) is 5.82 Å². The molecule has 0 saturated carbocycles. The van der Waals surface area contributed by atoms with Crippen LogP contribution in [0.25, 0.3) is 17.3 Å². The molecule has 0 unspecified atom stereocenters. The van der Waals surface area contributed by atoms with Crippen molar-refractivity contribution in [3.63, 3.8) is 0 Å². The maximum Gasteiger partial charge on any atom is 0.305 e. The fraction of sp³-hybridized carbons (Fsp3) is 0.409. The minimum Gasteiger partial charge on any atom is -0.481 e. The zero-order chi connectivity index (χ0) is 24.9. The van der Waals surface area contributed by atoms with Crippen molar-refractivity contribution in [2.75, 3.05) is 17.6 Å². The number of aliphatic carboxylic acids is 1. The van der Waals surface area contributed by atoms with E-state index in [9.17, 15) is 27.8 Å². The van der Waals surface area contributed by atoms with Gasteiger partial charge in [0, 0.05) is 24.6 Å². The SMILES string of the molecule is CC(C)c1nc(N(C)S(C)(=O)=O)nc(-c2ccc(F)cc2)c1/C=C/[C@@H](O)C[C@@H](O)CC(=O)O.N. The van der Waals surface area contributed by atoms with Gasteiger partial charge in [-0.3, -0.25) is 4.79 Å². The Labute approximate surface area is 198 Å². The number of nitrogens with zero attached hydrogens (tertiary/aromatic N) is 3. The van der Waals surface area contributed by atoms with Crippen LogP contribution < -0.4 is 10.5 Å². The second kappa shape index (κ2) is 12.0. The van der Waals surface area contributed by atoms with Crippen LogP contribution in [0.1, 0.15) is 43.9 Å². The Kier molecular flexibility index (Phi) is 10.2. The molecule has 0 radical (unpaired) electrons. The van der Waals surface area contributed by atoms with E-state index in [0.29, 0.717) is 22.5 Å². The summed E-state index contributed by atoms with van der Waals surface area (Å²) in [4.78, 5) is 19.6. The number of benzene rings is 1. The molecule has 2 rings (SSSR count). The molecule has 2 atom stereocenters. The molecule has 6 N–H and O–H groups in total. The first-order chi connectivity index (χ1) is 15.3. The number of carbonyl (C=O) groups is 1. The van der Waals surface area contributed by atoms with Crippen LogP contribution in [0.3, 0.4) is 0 Å². The van der Waals surface area contributed by atoms with Crippen LogP contribution in [0.4, 0.5) is 10.3 Å². The van der Waals surface area contributed by atoms with Crippen LogP contribution in [0.15, 0.2) is 30.3 Å². The average Bonchev–Trinajstić information content (AvgIpc) is 2.70. The van der Waals surface area contributed by atoms with Gasteiger partial charge in [-0.1, -0.05) is 26.0 Å². The van der Waals surface area contributed by atoms with Gasteiger partial charge in [-0.15, -0.1) is 0 Å². The number of hydrogen-bond acceptors (Lipinski definition) is 8. The molecule has 34 heavy (non-hydrogen) atoms. The first kappa shape index (κ1) is 29.1. The number of aromatic nitrogens is 2. The fourth-order valence-corrected chi connectivity index (χ4v) is 3.42. The molecular formula is C22H31FN4O6S. The van der Waals surface area contributed by atoms with E-state index in [1.807, 2.05) is 13.8 Å². The molecule has 2 aromatic rings. The minimum absolute atomic E-state index is 0. The average molecular weight is 499 g/mol. The summed E-state index contributed by atoms with van der Waals surface area (Å²) in [5.74, 6) is -1.87. The predicted octanol–water partition coefficient (Wildman–Crippen LogP) is 2.56. The predicted molar refractivity (Wildman–Crippen MR) is 128 cm³/mol. The third kappa shape index (κ3) is 7.83. The van der Waals surface area contributed by atoms with Crippen LogP contribution in [0.2, 0.25) is 0 Å². The lowest BCUT2D eigenvalue weighted by Gasteiger charge is -2.20. The molecule has 0 saturated heterocycles. The number of aliphatic hydroxyl groups is 2. The Hall–Kier alpha value is -2.93. The summed E-state index contributed by atoms with van der Waals surface area (Å²) >= 11 is 0. The number of carboxylic acid groups (broad SMARTS) is 1. The largest absolute Gasteiger partial charge is 0.481 e. The van der Waals surface area contributed by atoms with Crippen molar-refractivity contribution in [3.05, 3.63) is 47.4 Å². The smallest absolute Gasteiger partial charge is 0.305 e. The van der Waals surface area contributed by atoms with Gasteiger partial charge in [-0.2, -0.15) is 0 Å². The maximum absolute atomic E-state index is 13.5. The van der Waals surface area contributed by atoms with Crippen molar-refractivity contribution in [1.82, 2.24) is 16.1 Å². The molecule has 0 aliphatic rings. The van der Waals surface area contributed by atoms with Crippen molar-refractivity contribution in [1.29, 1.82) is 0 Å². The van der Waals surface area contributed by atoms with Crippen molar-refractivity contribution < 1.29 is 32.9 Å². The molecule has 0 fully saturated rings. The quantitative estimate of drug-likeness (QED) is 0.383.